The molecule has 3 nitrogen and oxygen atoms in total. The summed E-state index contributed by atoms with van der Waals surface area (Å²) in [5.74, 6) is 0.0286. The van der Waals surface area contributed by atoms with Crippen molar-refractivity contribution in [2.45, 2.75) is 33.1 Å². The third kappa shape index (κ3) is 2.67. The highest BCUT2D eigenvalue weighted by Gasteiger charge is 2.19. The number of aromatic nitrogens is 2. The van der Waals surface area contributed by atoms with Gasteiger partial charge in [0, 0.05) is 13.0 Å². The lowest BCUT2D eigenvalue weighted by atomic mass is 9.93. The third-order valence-electron chi connectivity index (χ3n) is 4.66. The molecule has 0 aliphatic carbocycles. The van der Waals surface area contributed by atoms with Gasteiger partial charge >= 0.3 is 0 Å². The van der Waals surface area contributed by atoms with Gasteiger partial charge in [-0.25, -0.2) is 4.98 Å². The molecule has 0 radical (unpaired) electrons. The van der Waals surface area contributed by atoms with Gasteiger partial charge in [-0.2, -0.15) is 0 Å². The number of nitrogens with zero attached hydrogens (tertiary/aromatic N) is 2. The van der Waals surface area contributed by atoms with Gasteiger partial charge in [0.25, 0.3) is 5.56 Å². The lowest BCUT2D eigenvalue weighted by Crippen LogP contribution is -2.26. The molecule has 0 aliphatic rings. The number of fused-ring (bicyclic) bond motifs is 1. The van der Waals surface area contributed by atoms with Crippen molar-refractivity contribution >= 4 is 11.0 Å². The van der Waals surface area contributed by atoms with Crippen molar-refractivity contribution in [3.05, 3.63) is 75.2 Å². The van der Waals surface area contributed by atoms with E-state index in [1.165, 1.54) is 11.1 Å². The molecular formula is C20H22N2O. The van der Waals surface area contributed by atoms with E-state index in [9.17, 15) is 4.79 Å². The highest BCUT2D eigenvalue weighted by Crippen LogP contribution is 2.26. The monoisotopic (exact) mass is 306 g/mol. The average Bonchev–Trinajstić information content (AvgIpc) is 2.56. The molecule has 0 amide bonds. The van der Waals surface area contributed by atoms with Crippen molar-refractivity contribution in [1.82, 2.24) is 9.55 Å². The van der Waals surface area contributed by atoms with E-state index in [4.69, 9.17) is 4.98 Å². The van der Waals surface area contributed by atoms with E-state index < -0.39 is 0 Å². The molecule has 3 rings (SSSR count). The van der Waals surface area contributed by atoms with Crippen molar-refractivity contribution in [2.24, 2.45) is 7.05 Å². The Kier molecular flexibility index (Phi) is 4.03. The van der Waals surface area contributed by atoms with Gasteiger partial charge in [0.1, 0.15) is 5.69 Å². The molecule has 0 aliphatic heterocycles. The summed E-state index contributed by atoms with van der Waals surface area (Å²) in [5, 5.41) is 0. The van der Waals surface area contributed by atoms with Crippen LogP contribution in [-0.4, -0.2) is 9.55 Å². The van der Waals surface area contributed by atoms with Crippen LogP contribution in [0.5, 0.6) is 0 Å². The second-order valence-corrected chi connectivity index (χ2v) is 6.16. The van der Waals surface area contributed by atoms with Gasteiger partial charge in [-0.3, -0.25) is 4.79 Å². The smallest absolute Gasteiger partial charge is 0.273 e. The molecular weight excluding hydrogens is 284 g/mol. The van der Waals surface area contributed by atoms with E-state index in [2.05, 4.69) is 39.0 Å². The van der Waals surface area contributed by atoms with Crippen LogP contribution in [0.15, 0.2) is 47.3 Å². The molecule has 1 aromatic heterocycles. The van der Waals surface area contributed by atoms with Crippen LogP contribution in [0.25, 0.3) is 11.0 Å². The Balaban J connectivity index is 2.27. The zero-order chi connectivity index (χ0) is 16.6. The second kappa shape index (κ2) is 5.99. The number of aryl methyl sites for hydroxylation is 3. The number of hydrogen-bond donors (Lipinski definition) is 0. The minimum Gasteiger partial charge on any atom is -0.308 e. The molecule has 118 valence electrons. The van der Waals surface area contributed by atoms with Gasteiger partial charge in [-0.05, 0) is 49.1 Å². The molecule has 0 saturated heterocycles. The Morgan fingerprint density at radius 1 is 1.09 bits per heavy atom. The summed E-state index contributed by atoms with van der Waals surface area (Å²) < 4.78 is 1.73. The first-order valence-electron chi connectivity index (χ1n) is 8.05. The average molecular weight is 306 g/mol. The standard InChI is InChI=1S/C20H22N2O/c1-5-16(15-9-7-6-8-10-15)19-20(23)22(4)18-12-14(3)13(2)11-17(18)21-19/h6-12,16H,5H2,1-4H3. The fraction of sp³-hybridized carbons (Fsp3) is 0.300. The summed E-state index contributed by atoms with van der Waals surface area (Å²) in [7, 11) is 1.84. The van der Waals surface area contributed by atoms with Crippen LogP contribution in [0, 0.1) is 13.8 Å². The number of rotatable bonds is 3. The molecule has 23 heavy (non-hydrogen) atoms. The zero-order valence-corrected chi connectivity index (χ0v) is 14.1. The summed E-state index contributed by atoms with van der Waals surface area (Å²) in [6.45, 7) is 6.24. The van der Waals surface area contributed by atoms with Gasteiger partial charge in [0.05, 0.1) is 11.0 Å². The summed E-state index contributed by atoms with van der Waals surface area (Å²) >= 11 is 0. The van der Waals surface area contributed by atoms with Crippen LogP contribution < -0.4 is 5.56 Å². The Bertz CT molecular complexity index is 910. The van der Waals surface area contributed by atoms with Crippen molar-refractivity contribution in [3.8, 4) is 0 Å². The molecule has 3 aromatic rings. The molecule has 2 aromatic carbocycles. The van der Waals surface area contributed by atoms with Crippen LogP contribution in [0.4, 0.5) is 0 Å². The fourth-order valence-corrected chi connectivity index (χ4v) is 3.10. The Labute approximate surface area is 136 Å². The Hall–Kier alpha value is -2.42. The lowest BCUT2D eigenvalue weighted by Gasteiger charge is -2.17. The molecule has 1 atom stereocenters. The van der Waals surface area contributed by atoms with Crippen LogP contribution in [0.3, 0.4) is 0 Å². The van der Waals surface area contributed by atoms with Gasteiger partial charge in [0.15, 0.2) is 0 Å². The summed E-state index contributed by atoms with van der Waals surface area (Å²) in [6, 6.07) is 14.3. The largest absolute Gasteiger partial charge is 0.308 e. The van der Waals surface area contributed by atoms with Gasteiger partial charge in [0.2, 0.25) is 0 Å². The molecule has 1 heterocycles. The van der Waals surface area contributed by atoms with Crippen molar-refractivity contribution < 1.29 is 0 Å². The minimum absolute atomic E-state index is 0.00328. The molecule has 0 bridgehead atoms. The fourth-order valence-electron chi connectivity index (χ4n) is 3.10. The van der Waals surface area contributed by atoms with Gasteiger partial charge < -0.3 is 4.57 Å². The van der Waals surface area contributed by atoms with Crippen molar-refractivity contribution in [2.75, 3.05) is 0 Å². The highest BCUT2D eigenvalue weighted by molar-refractivity contribution is 5.77. The molecule has 0 N–H and O–H groups in total. The predicted octanol–water partition coefficient (Wildman–Crippen LogP) is 4.09. The maximum Gasteiger partial charge on any atom is 0.273 e. The number of benzene rings is 2. The van der Waals surface area contributed by atoms with Gasteiger partial charge in [-0.15, -0.1) is 0 Å². The third-order valence-corrected chi connectivity index (χ3v) is 4.66. The zero-order valence-electron chi connectivity index (χ0n) is 14.1. The van der Waals surface area contributed by atoms with Crippen LogP contribution >= 0.6 is 0 Å². The highest BCUT2D eigenvalue weighted by atomic mass is 16.1. The summed E-state index contributed by atoms with van der Waals surface area (Å²) in [6.07, 6.45) is 0.850. The van der Waals surface area contributed by atoms with Crippen LogP contribution in [0.1, 0.15) is 41.6 Å². The summed E-state index contributed by atoms with van der Waals surface area (Å²) in [4.78, 5) is 17.6. The topological polar surface area (TPSA) is 34.9 Å². The number of hydrogen-bond acceptors (Lipinski definition) is 2. The van der Waals surface area contributed by atoms with E-state index >= 15 is 0 Å². The normalized spacial score (nSPS) is 12.5. The van der Waals surface area contributed by atoms with Crippen molar-refractivity contribution in [1.29, 1.82) is 0 Å². The van der Waals surface area contributed by atoms with E-state index in [1.807, 2.05) is 31.3 Å². The first-order valence-corrected chi connectivity index (χ1v) is 8.05. The SMILES string of the molecule is CCC(c1ccccc1)c1nc2cc(C)c(C)cc2n(C)c1=O. The van der Waals surface area contributed by atoms with Crippen molar-refractivity contribution in [3.63, 3.8) is 0 Å². The van der Waals surface area contributed by atoms with E-state index in [-0.39, 0.29) is 11.5 Å². The maximum absolute atomic E-state index is 12.9. The minimum atomic E-state index is -0.00328. The molecule has 0 fully saturated rings. The quantitative estimate of drug-likeness (QED) is 0.730. The molecule has 1 unspecified atom stereocenters. The predicted molar refractivity (Wildman–Crippen MR) is 95.0 cm³/mol. The lowest BCUT2D eigenvalue weighted by molar-refractivity contribution is 0.718. The van der Waals surface area contributed by atoms with E-state index in [0.29, 0.717) is 5.69 Å². The maximum atomic E-state index is 12.9. The van der Waals surface area contributed by atoms with E-state index in [1.54, 1.807) is 4.57 Å². The Morgan fingerprint density at radius 3 is 2.39 bits per heavy atom. The first-order chi connectivity index (χ1) is 11.0. The molecule has 0 saturated carbocycles. The van der Waals surface area contributed by atoms with Crippen LogP contribution in [-0.2, 0) is 7.05 Å². The second-order valence-electron chi connectivity index (χ2n) is 6.16. The Morgan fingerprint density at radius 2 is 1.74 bits per heavy atom. The van der Waals surface area contributed by atoms with E-state index in [0.717, 1.165) is 23.0 Å². The molecule has 0 spiro atoms. The van der Waals surface area contributed by atoms with Crippen LogP contribution in [0.2, 0.25) is 0 Å². The van der Waals surface area contributed by atoms with Gasteiger partial charge in [-0.1, -0.05) is 37.3 Å². The first kappa shape index (κ1) is 15.5. The summed E-state index contributed by atoms with van der Waals surface area (Å²) in [5.41, 5.74) is 5.93. The molecule has 3 heteroatoms.